The predicted octanol–water partition coefficient (Wildman–Crippen LogP) is -1.06. The molecular formula is C10H14N6O2. The fourth-order valence-corrected chi connectivity index (χ4v) is 2.11. The summed E-state index contributed by atoms with van der Waals surface area (Å²) < 4.78 is 0. The molecule has 0 spiro atoms. The molecule has 0 aromatic carbocycles. The largest absolute Gasteiger partial charge is 0.389 e. The van der Waals surface area contributed by atoms with Gasteiger partial charge in [0.2, 0.25) is 5.95 Å². The van der Waals surface area contributed by atoms with Crippen LogP contribution in [0, 0.1) is 0 Å². The van der Waals surface area contributed by atoms with Crippen LogP contribution in [0.2, 0.25) is 0 Å². The Morgan fingerprint density at radius 1 is 1.33 bits per heavy atom. The van der Waals surface area contributed by atoms with Crippen molar-refractivity contribution in [2.75, 3.05) is 30.4 Å². The molecule has 0 bridgehead atoms. The first kappa shape index (κ1) is 11.2. The zero-order chi connectivity index (χ0) is 12.7. The zero-order valence-corrected chi connectivity index (χ0v) is 9.83. The van der Waals surface area contributed by atoms with Crippen molar-refractivity contribution in [3.05, 3.63) is 6.20 Å². The SMILES string of the molecule is CNc1nc(N2CC(O)C(O)C2)c2cn[nH]c2n1. The van der Waals surface area contributed by atoms with Crippen LogP contribution in [-0.2, 0) is 0 Å². The van der Waals surface area contributed by atoms with Crippen LogP contribution >= 0.6 is 0 Å². The van der Waals surface area contributed by atoms with Gasteiger partial charge in [0.25, 0.3) is 0 Å². The molecule has 8 heteroatoms. The van der Waals surface area contributed by atoms with Gasteiger partial charge in [-0.2, -0.15) is 15.1 Å². The first-order chi connectivity index (χ1) is 8.69. The van der Waals surface area contributed by atoms with E-state index in [0.717, 1.165) is 5.39 Å². The van der Waals surface area contributed by atoms with E-state index in [1.807, 2.05) is 4.90 Å². The normalized spacial score (nSPS) is 23.8. The third-order valence-corrected chi connectivity index (χ3v) is 3.07. The third-order valence-electron chi connectivity index (χ3n) is 3.07. The lowest BCUT2D eigenvalue weighted by Gasteiger charge is -2.17. The standard InChI is InChI=1S/C10H14N6O2/c1-11-10-13-8-5(2-12-15-8)9(14-10)16-3-6(17)7(18)4-16/h2,6-7,17-18H,3-4H2,1H3,(H2,11,12,13,14,15). The first-order valence-corrected chi connectivity index (χ1v) is 5.69. The second-order valence-corrected chi connectivity index (χ2v) is 4.29. The van der Waals surface area contributed by atoms with Crippen LogP contribution in [0.25, 0.3) is 11.0 Å². The Hall–Kier alpha value is -1.93. The topological polar surface area (TPSA) is 110 Å². The summed E-state index contributed by atoms with van der Waals surface area (Å²) >= 11 is 0. The number of aromatic nitrogens is 4. The molecule has 1 aliphatic heterocycles. The van der Waals surface area contributed by atoms with Crippen LogP contribution < -0.4 is 10.2 Å². The van der Waals surface area contributed by atoms with Crippen LogP contribution in [0.1, 0.15) is 0 Å². The van der Waals surface area contributed by atoms with Crippen LogP contribution in [0.4, 0.5) is 11.8 Å². The second-order valence-electron chi connectivity index (χ2n) is 4.29. The molecule has 4 N–H and O–H groups in total. The molecule has 96 valence electrons. The monoisotopic (exact) mass is 250 g/mol. The number of H-pyrrole nitrogens is 1. The van der Waals surface area contributed by atoms with Gasteiger partial charge < -0.3 is 20.4 Å². The highest BCUT2D eigenvalue weighted by atomic mass is 16.3. The fraction of sp³-hybridized carbons (Fsp3) is 0.500. The van der Waals surface area contributed by atoms with Crippen molar-refractivity contribution in [2.45, 2.75) is 12.2 Å². The molecule has 18 heavy (non-hydrogen) atoms. The molecule has 3 heterocycles. The van der Waals surface area contributed by atoms with Crippen LogP contribution in [0.5, 0.6) is 0 Å². The first-order valence-electron chi connectivity index (χ1n) is 5.69. The number of hydrogen-bond acceptors (Lipinski definition) is 7. The van der Waals surface area contributed by atoms with Crippen LogP contribution in [0.3, 0.4) is 0 Å². The molecule has 1 fully saturated rings. The Kier molecular flexibility index (Phi) is 2.53. The molecule has 0 amide bonds. The van der Waals surface area contributed by atoms with Gasteiger partial charge in [-0.05, 0) is 0 Å². The van der Waals surface area contributed by atoms with E-state index in [2.05, 4.69) is 25.5 Å². The molecular weight excluding hydrogens is 236 g/mol. The summed E-state index contributed by atoms with van der Waals surface area (Å²) in [5, 5.41) is 29.6. The van der Waals surface area contributed by atoms with Crippen molar-refractivity contribution in [1.82, 2.24) is 20.2 Å². The van der Waals surface area contributed by atoms with Gasteiger partial charge in [0.05, 0.1) is 23.8 Å². The Labute approximate surface area is 103 Å². The lowest BCUT2D eigenvalue weighted by atomic mass is 10.3. The Bertz CT molecular complexity index is 560. The van der Waals surface area contributed by atoms with Crippen LogP contribution in [0.15, 0.2) is 6.20 Å². The predicted molar refractivity (Wildman–Crippen MR) is 65.5 cm³/mol. The van der Waals surface area contributed by atoms with Crippen molar-refractivity contribution >= 4 is 22.8 Å². The molecule has 2 unspecified atom stereocenters. The number of rotatable bonds is 2. The van der Waals surface area contributed by atoms with Crippen molar-refractivity contribution < 1.29 is 10.2 Å². The van der Waals surface area contributed by atoms with E-state index < -0.39 is 12.2 Å². The molecule has 0 aliphatic carbocycles. The minimum absolute atomic E-state index is 0.349. The number of anilines is 2. The lowest BCUT2D eigenvalue weighted by Crippen LogP contribution is -2.23. The number of hydrogen-bond donors (Lipinski definition) is 4. The number of aromatic amines is 1. The van der Waals surface area contributed by atoms with Gasteiger partial charge >= 0.3 is 0 Å². The molecule has 3 rings (SSSR count). The highest BCUT2D eigenvalue weighted by Crippen LogP contribution is 2.26. The molecule has 2 aromatic heterocycles. The summed E-state index contributed by atoms with van der Waals surface area (Å²) in [6, 6.07) is 0. The van der Waals surface area contributed by atoms with E-state index >= 15 is 0 Å². The van der Waals surface area contributed by atoms with Crippen molar-refractivity contribution in [1.29, 1.82) is 0 Å². The highest BCUT2D eigenvalue weighted by Gasteiger charge is 2.31. The van der Waals surface area contributed by atoms with Gasteiger partial charge in [0.1, 0.15) is 5.82 Å². The van der Waals surface area contributed by atoms with E-state index in [1.54, 1.807) is 13.2 Å². The molecule has 0 radical (unpaired) electrons. The second kappa shape index (κ2) is 4.07. The minimum atomic E-state index is -0.750. The van der Waals surface area contributed by atoms with Crippen molar-refractivity contribution in [3.63, 3.8) is 0 Å². The summed E-state index contributed by atoms with van der Waals surface area (Å²) in [5.41, 5.74) is 0.625. The Balaban J connectivity index is 2.07. The van der Waals surface area contributed by atoms with Gasteiger partial charge in [-0.1, -0.05) is 0 Å². The van der Waals surface area contributed by atoms with Crippen molar-refractivity contribution in [3.8, 4) is 0 Å². The number of aliphatic hydroxyl groups is 2. The Morgan fingerprint density at radius 2 is 2.06 bits per heavy atom. The molecule has 2 aromatic rings. The molecule has 1 saturated heterocycles. The summed E-state index contributed by atoms with van der Waals surface area (Å²) in [7, 11) is 1.73. The Morgan fingerprint density at radius 3 is 2.72 bits per heavy atom. The average Bonchev–Trinajstić information content (AvgIpc) is 2.95. The van der Waals surface area contributed by atoms with E-state index in [-0.39, 0.29) is 0 Å². The maximum absolute atomic E-state index is 9.60. The number of nitrogens with one attached hydrogen (secondary N) is 2. The number of fused-ring (bicyclic) bond motifs is 1. The van der Waals surface area contributed by atoms with Gasteiger partial charge in [-0.3, -0.25) is 5.10 Å². The summed E-state index contributed by atoms with van der Waals surface area (Å²) in [6.45, 7) is 0.698. The van der Waals surface area contributed by atoms with E-state index in [9.17, 15) is 10.2 Å². The summed E-state index contributed by atoms with van der Waals surface area (Å²) in [5.74, 6) is 1.13. The van der Waals surface area contributed by atoms with E-state index in [1.165, 1.54) is 0 Å². The molecule has 1 aliphatic rings. The smallest absolute Gasteiger partial charge is 0.226 e. The minimum Gasteiger partial charge on any atom is -0.389 e. The van der Waals surface area contributed by atoms with Crippen LogP contribution in [-0.4, -0.2) is 62.7 Å². The fourth-order valence-electron chi connectivity index (χ4n) is 2.11. The lowest BCUT2D eigenvalue weighted by molar-refractivity contribution is 0.0572. The maximum atomic E-state index is 9.60. The average molecular weight is 250 g/mol. The number of aliphatic hydroxyl groups excluding tert-OH is 2. The number of nitrogens with zero attached hydrogens (tertiary/aromatic N) is 4. The van der Waals surface area contributed by atoms with Crippen molar-refractivity contribution in [2.24, 2.45) is 0 Å². The summed E-state index contributed by atoms with van der Waals surface area (Å²) in [4.78, 5) is 10.4. The molecule has 0 saturated carbocycles. The number of β-amino-alcohol motifs (C(OH)–C–C–N with tert-alkyl or cyclic N) is 2. The zero-order valence-electron chi connectivity index (χ0n) is 9.83. The maximum Gasteiger partial charge on any atom is 0.226 e. The van der Waals surface area contributed by atoms with Gasteiger partial charge in [-0.15, -0.1) is 0 Å². The quantitative estimate of drug-likeness (QED) is 0.537. The molecule has 8 nitrogen and oxygen atoms in total. The van der Waals surface area contributed by atoms with Gasteiger partial charge in [0.15, 0.2) is 5.65 Å². The van der Waals surface area contributed by atoms with Gasteiger partial charge in [0, 0.05) is 20.1 Å². The highest BCUT2D eigenvalue weighted by molar-refractivity contribution is 5.87. The van der Waals surface area contributed by atoms with Gasteiger partial charge in [-0.25, -0.2) is 0 Å². The van der Waals surface area contributed by atoms with E-state index in [0.29, 0.717) is 30.5 Å². The summed E-state index contributed by atoms with van der Waals surface area (Å²) in [6.07, 6.45) is 0.140. The third kappa shape index (κ3) is 1.66. The van der Waals surface area contributed by atoms with E-state index in [4.69, 9.17) is 0 Å². The molecule has 2 atom stereocenters.